The average molecular weight is 257 g/mol. The number of amides is 1. The van der Waals surface area contributed by atoms with Gasteiger partial charge in [-0.15, -0.1) is 0 Å². The van der Waals surface area contributed by atoms with Gasteiger partial charge in [0.25, 0.3) is 0 Å². The molecule has 0 spiro atoms. The van der Waals surface area contributed by atoms with Crippen LogP contribution in [0.15, 0.2) is 53.6 Å². The number of nitrogens with one attached hydrogen (secondary N) is 1. The van der Waals surface area contributed by atoms with Crippen LogP contribution in [0, 0.1) is 0 Å². The van der Waals surface area contributed by atoms with Crippen LogP contribution < -0.4 is 16.5 Å². The van der Waals surface area contributed by atoms with Crippen molar-refractivity contribution in [2.45, 2.75) is 13.0 Å². The van der Waals surface area contributed by atoms with E-state index in [-0.39, 0.29) is 11.3 Å². The molecule has 0 atom stereocenters. The maximum Gasteiger partial charge on any atom is 0.226 e. The van der Waals surface area contributed by atoms with Crippen LogP contribution in [-0.4, -0.2) is 10.5 Å². The first-order valence-electron chi connectivity index (χ1n) is 5.95. The van der Waals surface area contributed by atoms with Gasteiger partial charge >= 0.3 is 0 Å². The highest BCUT2D eigenvalue weighted by Crippen LogP contribution is 2.10. The maximum absolute atomic E-state index is 11.7. The summed E-state index contributed by atoms with van der Waals surface area (Å²) in [6.45, 7) is 0.529. The van der Waals surface area contributed by atoms with Crippen molar-refractivity contribution in [3.63, 3.8) is 0 Å². The highest BCUT2D eigenvalue weighted by Gasteiger charge is 2.02. The molecule has 0 radical (unpaired) electrons. The van der Waals surface area contributed by atoms with Gasteiger partial charge in [-0.05, 0) is 24.3 Å². The lowest BCUT2D eigenvalue weighted by Crippen LogP contribution is -2.15. The van der Waals surface area contributed by atoms with Crippen LogP contribution in [0.4, 0.5) is 11.4 Å². The SMILES string of the molecule is Nc1ccc(NC(=O)CCn2ccc(=O)cc2)cc1. The van der Waals surface area contributed by atoms with E-state index in [1.165, 1.54) is 12.1 Å². The van der Waals surface area contributed by atoms with Crippen molar-refractivity contribution < 1.29 is 4.79 Å². The molecular weight excluding hydrogens is 242 g/mol. The van der Waals surface area contributed by atoms with E-state index in [9.17, 15) is 9.59 Å². The molecule has 98 valence electrons. The number of nitrogens with two attached hydrogens (primary N) is 1. The van der Waals surface area contributed by atoms with Gasteiger partial charge in [0, 0.05) is 48.9 Å². The van der Waals surface area contributed by atoms with E-state index >= 15 is 0 Å². The van der Waals surface area contributed by atoms with Gasteiger partial charge in [-0.1, -0.05) is 0 Å². The molecule has 0 fully saturated rings. The quantitative estimate of drug-likeness (QED) is 0.814. The van der Waals surface area contributed by atoms with Crippen molar-refractivity contribution in [3.05, 3.63) is 59.0 Å². The molecule has 0 saturated carbocycles. The monoisotopic (exact) mass is 257 g/mol. The fraction of sp³-hybridized carbons (Fsp3) is 0.143. The zero-order chi connectivity index (χ0) is 13.7. The van der Waals surface area contributed by atoms with Crippen LogP contribution in [0.3, 0.4) is 0 Å². The lowest BCUT2D eigenvalue weighted by atomic mass is 10.2. The van der Waals surface area contributed by atoms with Crippen molar-refractivity contribution in [2.75, 3.05) is 11.1 Å². The molecule has 1 heterocycles. The number of nitrogens with zero attached hydrogens (tertiary/aromatic N) is 1. The zero-order valence-electron chi connectivity index (χ0n) is 10.4. The number of pyridine rings is 1. The number of carbonyl (C=O) groups excluding carboxylic acids is 1. The van der Waals surface area contributed by atoms with Gasteiger partial charge in [0.05, 0.1) is 0 Å². The highest BCUT2D eigenvalue weighted by atomic mass is 16.1. The summed E-state index contributed by atoms with van der Waals surface area (Å²) in [5, 5.41) is 2.78. The molecule has 0 unspecified atom stereocenters. The predicted octanol–water partition coefficient (Wildman–Crippen LogP) is 1.46. The lowest BCUT2D eigenvalue weighted by Gasteiger charge is -2.07. The van der Waals surface area contributed by atoms with E-state index in [0.29, 0.717) is 18.7 Å². The Balaban J connectivity index is 1.86. The van der Waals surface area contributed by atoms with E-state index in [1.54, 1.807) is 41.2 Å². The fourth-order valence-corrected chi connectivity index (χ4v) is 1.61. The van der Waals surface area contributed by atoms with E-state index in [0.717, 1.165) is 5.69 Å². The summed E-state index contributed by atoms with van der Waals surface area (Å²) in [6, 6.07) is 9.92. The van der Waals surface area contributed by atoms with Crippen LogP contribution >= 0.6 is 0 Å². The van der Waals surface area contributed by atoms with Crippen molar-refractivity contribution in [3.8, 4) is 0 Å². The Morgan fingerprint density at radius 3 is 2.37 bits per heavy atom. The molecule has 0 bridgehead atoms. The molecule has 0 saturated heterocycles. The fourth-order valence-electron chi connectivity index (χ4n) is 1.61. The normalized spacial score (nSPS) is 10.1. The molecule has 0 aliphatic carbocycles. The van der Waals surface area contributed by atoms with Crippen molar-refractivity contribution in [1.29, 1.82) is 0 Å². The van der Waals surface area contributed by atoms with Crippen LogP contribution in [0.2, 0.25) is 0 Å². The van der Waals surface area contributed by atoms with E-state index < -0.39 is 0 Å². The number of carbonyl (C=O) groups is 1. The van der Waals surface area contributed by atoms with Crippen LogP contribution in [0.25, 0.3) is 0 Å². The topological polar surface area (TPSA) is 77.1 Å². The molecule has 3 N–H and O–H groups in total. The number of hydrogen-bond donors (Lipinski definition) is 2. The largest absolute Gasteiger partial charge is 0.399 e. The molecule has 5 heteroatoms. The Labute approximate surface area is 110 Å². The van der Waals surface area contributed by atoms with Crippen LogP contribution in [-0.2, 0) is 11.3 Å². The summed E-state index contributed by atoms with van der Waals surface area (Å²) in [4.78, 5) is 22.6. The molecule has 2 aromatic rings. The highest BCUT2D eigenvalue weighted by molar-refractivity contribution is 5.90. The standard InChI is InChI=1S/C14H15N3O2/c15-11-1-3-12(4-2-11)16-14(19)7-10-17-8-5-13(18)6-9-17/h1-6,8-9H,7,10,15H2,(H,16,19). The van der Waals surface area contributed by atoms with E-state index in [4.69, 9.17) is 5.73 Å². The van der Waals surface area contributed by atoms with Crippen LogP contribution in [0.5, 0.6) is 0 Å². The number of hydrogen-bond acceptors (Lipinski definition) is 3. The summed E-state index contributed by atoms with van der Waals surface area (Å²) in [7, 11) is 0. The zero-order valence-corrected chi connectivity index (χ0v) is 10.4. The average Bonchev–Trinajstić information content (AvgIpc) is 2.41. The summed E-state index contributed by atoms with van der Waals surface area (Å²) >= 11 is 0. The minimum atomic E-state index is -0.0801. The first-order valence-corrected chi connectivity index (χ1v) is 5.95. The Morgan fingerprint density at radius 1 is 1.11 bits per heavy atom. The second-order valence-electron chi connectivity index (χ2n) is 4.19. The van der Waals surface area contributed by atoms with Gasteiger partial charge in [-0.3, -0.25) is 9.59 Å². The Kier molecular flexibility index (Phi) is 3.97. The van der Waals surface area contributed by atoms with Gasteiger partial charge in [-0.2, -0.15) is 0 Å². The number of anilines is 2. The smallest absolute Gasteiger partial charge is 0.226 e. The third-order valence-electron chi connectivity index (χ3n) is 2.65. The minimum Gasteiger partial charge on any atom is -0.399 e. The third kappa shape index (κ3) is 3.99. The molecule has 2 rings (SSSR count). The predicted molar refractivity (Wildman–Crippen MR) is 74.8 cm³/mol. The second-order valence-corrected chi connectivity index (χ2v) is 4.19. The minimum absolute atomic E-state index is 0.0393. The molecule has 1 aromatic heterocycles. The first kappa shape index (κ1) is 12.9. The lowest BCUT2D eigenvalue weighted by molar-refractivity contribution is -0.116. The number of rotatable bonds is 4. The van der Waals surface area contributed by atoms with Gasteiger partial charge in [0.15, 0.2) is 5.43 Å². The molecule has 1 amide bonds. The Hall–Kier alpha value is -2.56. The van der Waals surface area contributed by atoms with Gasteiger partial charge < -0.3 is 15.6 Å². The van der Waals surface area contributed by atoms with E-state index in [2.05, 4.69) is 5.32 Å². The Morgan fingerprint density at radius 2 is 1.74 bits per heavy atom. The van der Waals surface area contributed by atoms with E-state index in [1.807, 2.05) is 0 Å². The van der Waals surface area contributed by atoms with Crippen molar-refractivity contribution in [2.24, 2.45) is 0 Å². The maximum atomic E-state index is 11.7. The summed E-state index contributed by atoms with van der Waals surface area (Å²) in [5.41, 5.74) is 6.90. The van der Waals surface area contributed by atoms with Gasteiger partial charge in [0.1, 0.15) is 0 Å². The van der Waals surface area contributed by atoms with Gasteiger partial charge in [-0.25, -0.2) is 0 Å². The second kappa shape index (κ2) is 5.86. The molecule has 5 nitrogen and oxygen atoms in total. The summed E-state index contributed by atoms with van der Waals surface area (Å²) in [5.74, 6) is -0.0801. The molecular formula is C14H15N3O2. The number of benzene rings is 1. The molecule has 19 heavy (non-hydrogen) atoms. The number of aromatic nitrogens is 1. The van der Waals surface area contributed by atoms with Gasteiger partial charge in [0.2, 0.25) is 5.91 Å². The number of aryl methyl sites for hydroxylation is 1. The summed E-state index contributed by atoms with van der Waals surface area (Å²) < 4.78 is 1.80. The molecule has 1 aromatic carbocycles. The van der Waals surface area contributed by atoms with Crippen molar-refractivity contribution in [1.82, 2.24) is 4.57 Å². The third-order valence-corrected chi connectivity index (χ3v) is 2.65. The molecule has 0 aliphatic heterocycles. The van der Waals surface area contributed by atoms with Crippen molar-refractivity contribution >= 4 is 17.3 Å². The Bertz CT molecular complexity index is 597. The molecule has 0 aliphatic rings. The number of nitrogen functional groups attached to an aromatic ring is 1. The summed E-state index contributed by atoms with van der Waals surface area (Å²) in [6.07, 6.45) is 3.67. The first-order chi connectivity index (χ1) is 9.13. The van der Waals surface area contributed by atoms with Crippen LogP contribution in [0.1, 0.15) is 6.42 Å².